The zero-order chi connectivity index (χ0) is 11.4. The van der Waals surface area contributed by atoms with E-state index in [1.807, 2.05) is 0 Å². The zero-order valence-electron chi connectivity index (χ0n) is 8.82. The Hall–Kier alpha value is -1.39. The molecule has 0 N–H and O–H groups in total. The van der Waals surface area contributed by atoms with Crippen LogP contribution in [0.4, 0.5) is 0 Å². The maximum Gasteiger partial charge on any atom is 0.309 e. The molecule has 0 saturated heterocycles. The van der Waals surface area contributed by atoms with E-state index in [0.29, 0.717) is 6.42 Å². The predicted molar refractivity (Wildman–Crippen MR) is 49.9 cm³/mol. The molecule has 1 rings (SSSR count). The van der Waals surface area contributed by atoms with E-state index in [4.69, 9.17) is 0 Å². The maximum absolute atomic E-state index is 11.3. The summed E-state index contributed by atoms with van der Waals surface area (Å²) >= 11 is 0. The van der Waals surface area contributed by atoms with Crippen molar-refractivity contribution in [2.45, 2.75) is 19.3 Å². The standard InChI is InChI=1S/C10H14O5/c1-14-9(12)6-3-7(10(13)15-2)5-8(11)4-6/h6-7H,3-5H2,1-2H3/t6-,7-/m1/s1. The van der Waals surface area contributed by atoms with Crippen LogP contribution in [0.1, 0.15) is 19.3 Å². The van der Waals surface area contributed by atoms with E-state index >= 15 is 0 Å². The Bertz CT molecular complexity index is 258. The van der Waals surface area contributed by atoms with Crippen LogP contribution in [0.2, 0.25) is 0 Å². The van der Waals surface area contributed by atoms with E-state index in [2.05, 4.69) is 9.47 Å². The number of methoxy groups -OCH3 is 2. The van der Waals surface area contributed by atoms with Gasteiger partial charge in [0.25, 0.3) is 0 Å². The second-order valence-corrected chi connectivity index (χ2v) is 3.62. The van der Waals surface area contributed by atoms with E-state index in [-0.39, 0.29) is 18.6 Å². The lowest BCUT2D eigenvalue weighted by molar-refractivity contribution is -0.155. The Morgan fingerprint density at radius 2 is 1.47 bits per heavy atom. The van der Waals surface area contributed by atoms with E-state index < -0.39 is 23.8 Å². The van der Waals surface area contributed by atoms with Gasteiger partial charge in [0.05, 0.1) is 26.1 Å². The lowest BCUT2D eigenvalue weighted by atomic mass is 9.80. The lowest BCUT2D eigenvalue weighted by Gasteiger charge is -2.24. The maximum atomic E-state index is 11.3. The molecule has 2 atom stereocenters. The van der Waals surface area contributed by atoms with Crippen molar-refractivity contribution >= 4 is 17.7 Å². The van der Waals surface area contributed by atoms with Gasteiger partial charge in [0.15, 0.2) is 0 Å². The number of hydrogen-bond acceptors (Lipinski definition) is 5. The summed E-state index contributed by atoms with van der Waals surface area (Å²) in [5, 5.41) is 0. The molecule has 0 aromatic carbocycles. The molecule has 0 aliphatic heterocycles. The summed E-state index contributed by atoms with van der Waals surface area (Å²) in [4.78, 5) is 33.8. The SMILES string of the molecule is COC(=O)[C@H]1CC(=O)C[C@H](C(=O)OC)C1. The Labute approximate surface area is 87.7 Å². The average molecular weight is 214 g/mol. The zero-order valence-corrected chi connectivity index (χ0v) is 8.82. The van der Waals surface area contributed by atoms with Gasteiger partial charge in [0.2, 0.25) is 0 Å². The summed E-state index contributed by atoms with van der Waals surface area (Å²) in [7, 11) is 2.54. The summed E-state index contributed by atoms with van der Waals surface area (Å²) in [6, 6.07) is 0. The molecule has 0 aromatic rings. The molecule has 15 heavy (non-hydrogen) atoms. The normalized spacial score (nSPS) is 25.9. The Morgan fingerprint density at radius 1 is 1.07 bits per heavy atom. The molecular weight excluding hydrogens is 200 g/mol. The van der Waals surface area contributed by atoms with Gasteiger partial charge in [-0.3, -0.25) is 14.4 Å². The van der Waals surface area contributed by atoms with Crippen molar-refractivity contribution in [2.75, 3.05) is 14.2 Å². The first-order valence-electron chi connectivity index (χ1n) is 4.75. The Morgan fingerprint density at radius 3 is 1.80 bits per heavy atom. The summed E-state index contributed by atoms with van der Waals surface area (Å²) in [6.07, 6.45) is 0.672. The van der Waals surface area contributed by atoms with Crippen molar-refractivity contribution in [3.05, 3.63) is 0 Å². The van der Waals surface area contributed by atoms with Crippen molar-refractivity contribution in [3.8, 4) is 0 Å². The van der Waals surface area contributed by atoms with Gasteiger partial charge in [-0.15, -0.1) is 0 Å². The molecule has 5 heteroatoms. The average Bonchev–Trinajstić information content (AvgIpc) is 2.26. The number of ether oxygens (including phenoxy) is 2. The third kappa shape index (κ3) is 2.78. The molecule has 84 valence electrons. The van der Waals surface area contributed by atoms with Gasteiger partial charge < -0.3 is 9.47 Å². The molecule has 5 nitrogen and oxygen atoms in total. The van der Waals surface area contributed by atoms with Gasteiger partial charge in [-0.2, -0.15) is 0 Å². The third-order valence-corrected chi connectivity index (χ3v) is 2.59. The summed E-state index contributed by atoms with van der Waals surface area (Å²) in [6.45, 7) is 0. The number of carbonyl (C=O) groups is 3. The topological polar surface area (TPSA) is 69.7 Å². The molecular formula is C10H14O5. The number of rotatable bonds is 2. The monoisotopic (exact) mass is 214 g/mol. The fourth-order valence-electron chi connectivity index (χ4n) is 1.84. The highest BCUT2D eigenvalue weighted by atomic mass is 16.5. The van der Waals surface area contributed by atoms with E-state index in [9.17, 15) is 14.4 Å². The molecule has 0 radical (unpaired) electrons. The molecule has 0 unspecified atom stereocenters. The molecule has 1 aliphatic carbocycles. The third-order valence-electron chi connectivity index (χ3n) is 2.59. The number of carbonyl (C=O) groups excluding carboxylic acids is 3. The first-order valence-corrected chi connectivity index (χ1v) is 4.75. The minimum atomic E-state index is -0.500. The van der Waals surface area contributed by atoms with Gasteiger partial charge >= 0.3 is 11.9 Å². The summed E-state index contributed by atoms with van der Waals surface area (Å²) in [5.74, 6) is -1.96. The molecule has 0 heterocycles. The Kier molecular flexibility index (Phi) is 3.82. The fraction of sp³-hybridized carbons (Fsp3) is 0.700. The van der Waals surface area contributed by atoms with Crippen molar-refractivity contribution in [1.82, 2.24) is 0 Å². The van der Waals surface area contributed by atoms with Gasteiger partial charge in [0, 0.05) is 12.8 Å². The van der Waals surface area contributed by atoms with Crippen LogP contribution in [0.25, 0.3) is 0 Å². The van der Waals surface area contributed by atoms with Crippen molar-refractivity contribution in [2.24, 2.45) is 11.8 Å². The lowest BCUT2D eigenvalue weighted by Crippen LogP contribution is -2.33. The minimum absolute atomic E-state index is 0.0907. The van der Waals surface area contributed by atoms with Crippen LogP contribution in [0, 0.1) is 11.8 Å². The highest BCUT2D eigenvalue weighted by Crippen LogP contribution is 2.28. The van der Waals surface area contributed by atoms with Gasteiger partial charge in [-0.1, -0.05) is 0 Å². The van der Waals surface area contributed by atoms with E-state index in [0.717, 1.165) is 0 Å². The minimum Gasteiger partial charge on any atom is -0.469 e. The van der Waals surface area contributed by atoms with Crippen LogP contribution in [0.5, 0.6) is 0 Å². The number of hydrogen-bond donors (Lipinski definition) is 0. The van der Waals surface area contributed by atoms with Gasteiger partial charge in [0.1, 0.15) is 5.78 Å². The van der Waals surface area contributed by atoms with Crippen LogP contribution >= 0.6 is 0 Å². The molecule has 1 aliphatic rings. The van der Waals surface area contributed by atoms with Crippen LogP contribution in [0.15, 0.2) is 0 Å². The van der Waals surface area contributed by atoms with E-state index in [1.54, 1.807) is 0 Å². The van der Waals surface area contributed by atoms with E-state index in [1.165, 1.54) is 14.2 Å². The highest BCUT2D eigenvalue weighted by Gasteiger charge is 2.36. The van der Waals surface area contributed by atoms with Gasteiger partial charge in [-0.05, 0) is 6.42 Å². The molecule has 0 amide bonds. The number of esters is 2. The smallest absolute Gasteiger partial charge is 0.309 e. The Balaban J connectivity index is 2.67. The molecule has 0 spiro atoms. The number of Topliss-reactive ketones (excluding diaryl/α,β-unsaturated/α-hetero) is 1. The number of ketones is 1. The highest BCUT2D eigenvalue weighted by molar-refractivity contribution is 5.90. The first kappa shape index (κ1) is 11.7. The quantitative estimate of drug-likeness (QED) is 0.619. The second-order valence-electron chi connectivity index (χ2n) is 3.62. The van der Waals surface area contributed by atoms with Gasteiger partial charge in [-0.25, -0.2) is 0 Å². The van der Waals surface area contributed by atoms with Crippen molar-refractivity contribution in [3.63, 3.8) is 0 Å². The molecule has 0 aromatic heterocycles. The van der Waals surface area contributed by atoms with Crippen molar-refractivity contribution in [1.29, 1.82) is 0 Å². The summed E-state index contributed by atoms with van der Waals surface area (Å²) in [5.41, 5.74) is 0. The molecule has 0 bridgehead atoms. The summed E-state index contributed by atoms with van der Waals surface area (Å²) < 4.78 is 9.11. The second kappa shape index (κ2) is 4.91. The molecule has 1 fully saturated rings. The fourth-order valence-corrected chi connectivity index (χ4v) is 1.84. The van der Waals surface area contributed by atoms with Crippen LogP contribution < -0.4 is 0 Å². The van der Waals surface area contributed by atoms with Crippen LogP contribution in [-0.4, -0.2) is 31.9 Å². The largest absolute Gasteiger partial charge is 0.469 e. The van der Waals surface area contributed by atoms with Crippen molar-refractivity contribution < 1.29 is 23.9 Å². The molecule has 1 saturated carbocycles. The first-order chi connectivity index (χ1) is 7.08. The predicted octanol–water partition coefficient (Wildman–Crippen LogP) is 0.318. The van der Waals surface area contributed by atoms with Crippen LogP contribution in [-0.2, 0) is 23.9 Å². The van der Waals surface area contributed by atoms with Crippen LogP contribution in [0.3, 0.4) is 0 Å².